The van der Waals surface area contributed by atoms with Gasteiger partial charge in [0.2, 0.25) is 5.67 Å². The Bertz CT molecular complexity index is 665. The lowest BCUT2D eigenvalue weighted by molar-refractivity contribution is -0.163. The van der Waals surface area contributed by atoms with Crippen molar-refractivity contribution in [3.8, 4) is 5.75 Å². The van der Waals surface area contributed by atoms with E-state index in [1.165, 1.54) is 16.7 Å². The van der Waals surface area contributed by atoms with E-state index in [0.29, 0.717) is 12.5 Å². The summed E-state index contributed by atoms with van der Waals surface area (Å²) < 4.78 is 19.5. The second-order valence-corrected chi connectivity index (χ2v) is 6.95. The normalized spacial score (nSPS) is 22.3. The molecule has 1 atom stereocenters. The van der Waals surface area contributed by atoms with Gasteiger partial charge in [-0.15, -0.1) is 0 Å². The number of benzene rings is 1. The fourth-order valence-corrected chi connectivity index (χ4v) is 3.38. The number of alkyl halides is 1. The summed E-state index contributed by atoms with van der Waals surface area (Å²) in [5.74, 6) is -0.0844. The average molecular weight is 333 g/mol. The average Bonchev–Trinajstić information content (AvgIpc) is 2.51. The molecule has 0 amide bonds. The summed E-state index contributed by atoms with van der Waals surface area (Å²) in [4.78, 5) is 12.7. The molecule has 1 fully saturated rings. The summed E-state index contributed by atoms with van der Waals surface area (Å²) >= 11 is 0. The molecule has 1 aliphatic heterocycles. The molecule has 0 unspecified atom stereocenters. The standard InChI is InChI=1S/C19H24FNO3/c1-3-6-24-17-5-4-14-8-16(13(2)7-15(14)9-17)10-21-11-19(20,12-21)18(22)23/h4-5,8-9,13H,3,6-7,10-12H2,1-2H3,(H,22,23)/t13-/m1/s1. The summed E-state index contributed by atoms with van der Waals surface area (Å²) in [5.41, 5.74) is 1.62. The molecule has 1 heterocycles. The smallest absolute Gasteiger partial charge is 0.344 e. The number of hydrogen-bond acceptors (Lipinski definition) is 3. The fraction of sp³-hybridized carbons (Fsp3) is 0.526. The van der Waals surface area contributed by atoms with E-state index in [1.807, 2.05) is 11.0 Å². The number of carboxylic acids is 1. The fourth-order valence-electron chi connectivity index (χ4n) is 3.38. The van der Waals surface area contributed by atoms with Crippen LogP contribution < -0.4 is 4.74 Å². The molecule has 3 rings (SSSR count). The number of halogens is 1. The van der Waals surface area contributed by atoms with E-state index >= 15 is 0 Å². The Hall–Kier alpha value is -1.88. The number of hydrogen-bond donors (Lipinski definition) is 1. The van der Waals surface area contributed by atoms with Crippen LogP contribution in [0.15, 0.2) is 23.8 Å². The van der Waals surface area contributed by atoms with E-state index in [2.05, 4.69) is 32.1 Å². The zero-order chi connectivity index (χ0) is 17.3. The molecule has 1 aromatic carbocycles. The number of rotatable bonds is 6. The molecule has 0 bridgehead atoms. The summed E-state index contributed by atoms with van der Waals surface area (Å²) in [6.45, 7) is 5.55. The van der Waals surface area contributed by atoms with E-state index in [1.54, 1.807) is 0 Å². The van der Waals surface area contributed by atoms with Gasteiger partial charge >= 0.3 is 5.97 Å². The Morgan fingerprint density at radius 1 is 1.46 bits per heavy atom. The van der Waals surface area contributed by atoms with Crippen molar-refractivity contribution in [2.45, 2.75) is 32.4 Å². The third-order valence-electron chi connectivity index (χ3n) is 4.83. The second-order valence-electron chi connectivity index (χ2n) is 6.95. The molecule has 1 saturated heterocycles. The number of fused-ring (bicyclic) bond motifs is 1. The van der Waals surface area contributed by atoms with Gasteiger partial charge in [0.25, 0.3) is 0 Å². The molecule has 2 aliphatic rings. The third kappa shape index (κ3) is 3.31. The number of likely N-dealkylation sites (tertiary alicyclic amines) is 1. The maximum absolute atomic E-state index is 13.8. The Balaban J connectivity index is 1.68. The zero-order valence-electron chi connectivity index (χ0n) is 14.2. The molecule has 0 saturated carbocycles. The summed E-state index contributed by atoms with van der Waals surface area (Å²) in [6.07, 6.45) is 4.07. The van der Waals surface area contributed by atoms with Crippen molar-refractivity contribution < 1.29 is 19.0 Å². The molecule has 0 spiro atoms. The first-order valence-electron chi connectivity index (χ1n) is 8.52. The minimum Gasteiger partial charge on any atom is -0.494 e. The van der Waals surface area contributed by atoms with Gasteiger partial charge in [-0.1, -0.05) is 31.6 Å². The molecule has 130 valence electrons. The van der Waals surface area contributed by atoms with Crippen molar-refractivity contribution in [2.75, 3.05) is 26.2 Å². The quantitative estimate of drug-likeness (QED) is 0.869. The molecular weight excluding hydrogens is 309 g/mol. The van der Waals surface area contributed by atoms with Crippen LogP contribution in [0.1, 0.15) is 31.4 Å². The van der Waals surface area contributed by atoms with E-state index in [-0.39, 0.29) is 13.1 Å². The van der Waals surface area contributed by atoms with Crippen LogP contribution in [0.5, 0.6) is 5.75 Å². The summed E-state index contributed by atoms with van der Waals surface area (Å²) in [6, 6.07) is 6.16. The van der Waals surface area contributed by atoms with Gasteiger partial charge in [0, 0.05) is 19.6 Å². The second kappa shape index (κ2) is 6.55. The SMILES string of the molecule is CCCOc1ccc2c(c1)C[C@@H](C)C(CN1CC(F)(C(=O)O)C1)=C2. The molecule has 1 aromatic rings. The minimum absolute atomic E-state index is 0.0248. The zero-order valence-corrected chi connectivity index (χ0v) is 14.2. The topological polar surface area (TPSA) is 49.8 Å². The molecule has 0 radical (unpaired) electrons. The molecule has 0 aromatic heterocycles. The lowest BCUT2D eigenvalue weighted by Gasteiger charge is -2.42. The number of ether oxygens (including phenoxy) is 1. The molecule has 1 N–H and O–H groups in total. The van der Waals surface area contributed by atoms with Gasteiger partial charge in [0.1, 0.15) is 5.75 Å². The van der Waals surface area contributed by atoms with Crippen molar-refractivity contribution in [1.29, 1.82) is 0 Å². The van der Waals surface area contributed by atoms with Crippen molar-refractivity contribution in [3.63, 3.8) is 0 Å². The lowest BCUT2D eigenvalue weighted by atomic mass is 9.83. The predicted molar refractivity (Wildman–Crippen MR) is 91.0 cm³/mol. The molecule has 4 nitrogen and oxygen atoms in total. The van der Waals surface area contributed by atoms with E-state index in [9.17, 15) is 9.18 Å². The maximum Gasteiger partial charge on any atom is 0.344 e. The first-order chi connectivity index (χ1) is 11.4. The van der Waals surface area contributed by atoms with E-state index in [0.717, 1.165) is 25.2 Å². The van der Waals surface area contributed by atoms with E-state index in [4.69, 9.17) is 9.84 Å². The van der Waals surface area contributed by atoms with Gasteiger partial charge in [-0.05, 0) is 42.0 Å². The maximum atomic E-state index is 13.8. The highest BCUT2D eigenvalue weighted by molar-refractivity contribution is 5.79. The minimum atomic E-state index is -2.07. The van der Waals surface area contributed by atoms with Crippen LogP contribution in [-0.4, -0.2) is 47.9 Å². The van der Waals surface area contributed by atoms with Gasteiger partial charge in [0.15, 0.2) is 0 Å². The van der Waals surface area contributed by atoms with Gasteiger partial charge in [-0.3, -0.25) is 4.90 Å². The van der Waals surface area contributed by atoms with Crippen LogP contribution in [0.4, 0.5) is 4.39 Å². The van der Waals surface area contributed by atoms with Gasteiger partial charge in [0.05, 0.1) is 6.61 Å². The Morgan fingerprint density at radius 2 is 2.21 bits per heavy atom. The Morgan fingerprint density at radius 3 is 2.88 bits per heavy atom. The molecule has 1 aliphatic carbocycles. The first kappa shape index (κ1) is 17.0. The number of aliphatic carboxylic acids is 1. The first-order valence-corrected chi connectivity index (χ1v) is 8.52. The van der Waals surface area contributed by atoms with Gasteiger partial charge in [-0.2, -0.15) is 0 Å². The van der Waals surface area contributed by atoms with Crippen LogP contribution in [-0.2, 0) is 11.2 Å². The molecule has 5 heteroatoms. The van der Waals surface area contributed by atoms with Crippen LogP contribution in [0.25, 0.3) is 6.08 Å². The lowest BCUT2D eigenvalue weighted by Crippen LogP contribution is -2.63. The van der Waals surface area contributed by atoms with Crippen molar-refractivity contribution in [3.05, 3.63) is 34.9 Å². The highest BCUT2D eigenvalue weighted by atomic mass is 19.1. The molecule has 24 heavy (non-hydrogen) atoms. The van der Waals surface area contributed by atoms with Crippen molar-refractivity contribution in [2.24, 2.45) is 5.92 Å². The van der Waals surface area contributed by atoms with E-state index < -0.39 is 11.6 Å². The number of carboxylic acid groups (broad SMARTS) is 1. The predicted octanol–water partition coefficient (Wildman–Crippen LogP) is 3.16. The Labute approximate surface area is 141 Å². The van der Waals surface area contributed by atoms with Crippen LogP contribution >= 0.6 is 0 Å². The van der Waals surface area contributed by atoms with Crippen LogP contribution in [0.3, 0.4) is 0 Å². The molecular formula is C19H24FNO3. The number of carbonyl (C=O) groups is 1. The number of nitrogens with zero attached hydrogens (tertiary/aromatic N) is 1. The van der Waals surface area contributed by atoms with Crippen LogP contribution in [0.2, 0.25) is 0 Å². The highest BCUT2D eigenvalue weighted by Crippen LogP contribution is 2.34. The van der Waals surface area contributed by atoms with Crippen molar-refractivity contribution >= 4 is 12.0 Å². The monoisotopic (exact) mass is 333 g/mol. The largest absolute Gasteiger partial charge is 0.494 e. The van der Waals surface area contributed by atoms with Crippen molar-refractivity contribution in [1.82, 2.24) is 4.90 Å². The van der Waals surface area contributed by atoms with Gasteiger partial charge < -0.3 is 9.84 Å². The summed E-state index contributed by atoms with van der Waals surface area (Å²) in [7, 11) is 0. The Kier molecular flexibility index (Phi) is 4.63. The third-order valence-corrected chi connectivity index (χ3v) is 4.83. The van der Waals surface area contributed by atoms with Gasteiger partial charge in [-0.25, -0.2) is 9.18 Å². The van der Waals surface area contributed by atoms with Crippen LogP contribution in [0, 0.1) is 5.92 Å². The highest BCUT2D eigenvalue weighted by Gasteiger charge is 2.50. The summed E-state index contributed by atoms with van der Waals surface area (Å²) in [5, 5.41) is 8.86.